The van der Waals surface area contributed by atoms with Crippen LogP contribution in [-0.4, -0.2) is 23.6 Å². The van der Waals surface area contributed by atoms with Crippen molar-refractivity contribution in [3.63, 3.8) is 0 Å². The van der Waals surface area contributed by atoms with Gasteiger partial charge in [-0.15, -0.1) is 0 Å². The maximum atomic E-state index is 13.8. The van der Waals surface area contributed by atoms with Crippen LogP contribution in [0.2, 0.25) is 0 Å². The van der Waals surface area contributed by atoms with Gasteiger partial charge >= 0.3 is 0 Å². The number of hydrogen-bond acceptors (Lipinski definition) is 3. The first-order valence-corrected chi connectivity index (χ1v) is 10.7. The molecule has 0 saturated heterocycles. The summed E-state index contributed by atoms with van der Waals surface area (Å²) in [5.74, 6) is 0.624. The molecule has 0 aliphatic carbocycles. The smallest absolute Gasteiger partial charge is 0.274 e. The van der Waals surface area contributed by atoms with Gasteiger partial charge in [0.2, 0.25) is 0 Å². The quantitative estimate of drug-likeness (QED) is 0.368. The number of amides is 1. The molecule has 0 radical (unpaired) electrons. The first-order valence-electron chi connectivity index (χ1n) is 10.7. The summed E-state index contributed by atoms with van der Waals surface area (Å²) in [5, 5.41) is 10.2. The zero-order valence-corrected chi connectivity index (χ0v) is 18.1. The largest absolute Gasteiger partial charge is 0.494 e. The third-order valence-corrected chi connectivity index (χ3v) is 5.36. The number of benzene rings is 3. The predicted molar refractivity (Wildman–Crippen MR) is 127 cm³/mol. The Bertz CT molecular complexity index is 1240. The number of carbonyl (C=O) groups is 1. The minimum absolute atomic E-state index is 0.128. The fourth-order valence-corrected chi connectivity index (χ4v) is 3.86. The fraction of sp³-hybridized carbons (Fsp3) is 0.185. The van der Waals surface area contributed by atoms with Crippen LogP contribution in [0.4, 0.5) is 5.69 Å². The van der Waals surface area contributed by atoms with Crippen LogP contribution in [0.25, 0.3) is 10.9 Å². The van der Waals surface area contributed by atoms with E-state index in [4.69, 9.17) is 4.74 Å². The maximum absolute atomic E-state index is 13.8. The number of aromatic nitrogens is 1. The monoisotopic (exact) mass is 423 g/mol. The van der Waals surface area contributed by atoms with Gasteiger partial charge in [-0.25, -0.2) is 0 Å². The molecule has 0 saturated carbocycles. The second-order valence-electron chi connectivity index (χ2n) is 7.45. The number of rotatable bonds is 8. The van der Waals surface area contributed by atoms with Crippen molar-refractivity contribution in [2.45, 2.75) is 19.9 Å². The molecule has 1 amide bonds. The average Bonchev–Trinajstić information content (AvgIpc) is 3.19. The topological polar surface area (TPSA) is 58.3 Å². The van der Waals surface area contributed by atoms with E-state index in [0.717, 1.165) is 27.9 Å². The predicted octanol–water partition coefficient (Wildman–Crippen LogP) is 5.65. The molecular weight excluding hydrogens is 398 g/mol. The van der Waals surface area contributed by atoms with Gasteiger partial charge in [0, 0.05) is 29.7 Å². The number of para-hydroxylation sites is 1. The minimum Gasteiger partial charge on any atom is -0.494 e. The summed E-state index contributed by atoms with van der Waals surface area (Å²) in [6.45, 7) is 3.42. The van der Waals surface area contributed by atoms with E-state index in [1.54, 1.807) is 4.90 Å². The molecule has 1 heterocycles. The van der Waals surface area contributed by atoms with Crippen LogP contribution in [0.15, 0.2) is 84.9 Å². The maximum Gasteiger partial charge on any atom is 0.274 e. The van der Waals surface area contributed by atoms with Gasteiger partial charge < -0.3 is 14.2 Å². The van der Waals surface area contributed by atoms with Crippen LogP contribution in [0, 0.1) is 11.3 Å². The normalized spacial score (nSPS) is 10.6. The summed E-state index contributed by atoms with van der Waals surface area (Å²) in [5.41, 5.74) is 3.46. The Labute approximate surface area is 188 Å². The molecule has 0 aliphatic rings. The van der Waals surface area contributed by atoms with E-state index in [1.165, 1.54) is 0 Å². The Morgan fingerprint density at radius 3 is 2.44 bits per heavy atom. The molecule has 160 valence electrons. The van der Waals surface area contributed by atoms with E-state index < -0.39 is 0 Å². The Morgan fingerprint density at radius 2 is 1.72 bits per heavy atom. The van der Waals surface area contributed by atoms with Gasteiger partial charge in [0.25, 0.3) is 5.91 Å². The number of carbonyl (C=O) groups excluding carboxylic acids is 1. The number of hydrogen-bond donors (Lipinski definition) is 0. The first-order chi connectivity index (χ1) is 15.7. The molecule has 0 atom stereocenters. The first kappa shape index (κ1) is 21.2. The number of ether oxygens (including phenoxy) is 1. The summed E-state index contributed by atoms with van der Waals surface area (Å²) < 4.78 is 7.59. The lowest BCUT2D eigenvalue weighted by Crippen LogP contribution is -2.33. The van der Waals surface area contributed by atoms with E-state index in [-0.39, 0.29) is 12.3 Å². The number of fused-ring (bicyclic) bond motifs is 1. The molecule has 32 heavy (non-hydrogen) atoms. The molecule has 5 nitrogen and oxygen atoms in total. The molecule has 0 bridgehead atoms. The SMILES string of the molecule is CCOc1ccc(N(CCC#N)C(=O)c2cc3ccccc3n2Cc2ccccc2)cc1. The minimum atomic E-state index is -0.128. The third kappa shape index (κ3) is 4.50. The second kappa shape index (κ2) is 9.84. The highest BCUT2D eigenvalue weighted by molar-refractivity contribution is 6.08. The molecule has 4 rings (SSSR count). The van der Waals surface area contributed by atoms with Crippen molar-refractivity contribution in [1.29, 1.82) is 5.26 Å². The van der Waals surface area contributed by atoms with E-state index in [0.29, 0.717) is 25.4 Å². The lowest BCUT2D eigenvalue weighted by Gasteiger charge is -2.23. The van der Waals surface area contributed by atoms with E-state index in [2.05, 4.69) is 22.8 Å². The molecule has 0 fully saturated rings. The summed E-state index contributed by atoms with van der Waals surface area (Å²) in [4.78, 5) is 15.5. The van der Waals surface area contributed by atoms with Crippen molar-refractivity contribution in [3.8, 4) is 11.8 Å². The summed E-state index contributed by atoms with van der Waals surface area (Å²) in [6, 6.07) is 29.7. The van der Waals surface area contributed by atoms with Crippen LogP contribution >= 0.6 is 0 Å². The van der Waals surface area contributed by atoms with E-state index in [1.807, 2.05) is 79.7 Å². The van der Waals surface area contributed by atoms with Crippen LogP contribution < -0.4 is 9.64 Å². The Hall–Kier alpha value is -4.04. The summed E-state index contributed by atoms with van der Waals surface area (Å²) in [6.07, 6.45) is 0.248. The molecule has 3 aromatic carbocycles. The lowest BCUT2D eigenvalue weighted by molar-refractivity contribution is 0.0979. The van der Waals surface area contributed by atoms with Gasteiger partial charge in [-0.05, 0) is 48.9 Å². The van der Waals surface area contributed by atoms with Gasteiger partial charge in [0.15, 0.2) is 0 Å². The van der Waals surface area contributed by atoms with Crippen LogP contribution in [0.5, 0.6) is 5.75 Å². The standard InChI is InChI=1S/C27H25N3O2/c1-2-32-24-15-13-23(14-16-24)29(18-8-17-28)27(31)26-19-22-11-6-7-12-25(22)30(26)20-21-9-4-3-5-10-21/h3-7,9-16,19H,2,8,18,20H2,1H3. The van der Waals surface area contributed by atoms with Crippen LogP contribution in [-0.2, 0) is 6.54 Å². The van der Waals surface area contributed by atoms with Crippen molar-refractivity contribution < 1.29 is 9.53 Å². The van der Waals surface area contributed by atoms with E-state index >= 15 is 0 Å². The Kier molecular flexibility index (Phi) is 6.52. The van der Waals surface area contributed by atoms with Crippen LogP contribution in [0.1, 0.15) is 29.4 Å². The highest BCUT2D eigenvalue weighted by Gasteiger charge is 2.23. The zero-order chi connectivity index (χ0) is 22.3. The van der Waals surface area contributed by atoms with Crippen LogP contribution in [0.3, 0.4) is 0 Å². The molecule has 0 spiro atoms. The van der Waals surface area contributed by atoms with Gasteiger partial charge in [0.05, 0.1) is 19.1 Å². The molecular formula is C27H25N3O2. The average molecular weight is 424 g/mol. The van der Waals surface area contributed by atoms with Gasteiger partial charge in [-0.1, -0.05) is 48.5 Å². The molecule has 1 aromatic heterocycles. The molecule has 4 aromatic rings. The van der Waals surface area contributed by atoms with Crippen molar-refractivity contribution in [2.24, 2.45) is 0 Å². The number of nitriles is 1. The van der Waals surface area contributed by atoms with Gasteiger partial charge in [0.1, 0.15) is 11.4 Å². The fourth-order valence-electron chi connectivity index (χ4n) is 3.86. The lowest BCUT2D eigenvalue weighted by atomic mass is 10.2. The zero-order valence-electron chi connectivity index (χ0n) is 18.1. The second-order valence-corrected chi connectivity index (χ2v) is 7.45. The number of nitrogens with zero attached hydrogens (tertiary/aromatic N) is 3. The summed E-state index contributed by atoms with van der Waals surface area (Å²) >= 11 is 0. The van der Waals surface area contributed by atoms with Gasteiger partial charge in [-0.3, -0.25) is 4.79 Å². The van der Waals surface area contributed by atoms with Crippen molar-refractivity contribution in [3.05, 3.63) is 96.2 Å². The Balaban J connectivity index is 1.75. The van der Waals surface area contributed by atoms with Crippen molar-refractivity contribution >= 4 is 22.5 Å². The third-order valence-electron chi connectivity index (χ3n) is 5.36. The highest BCUT2D eigenvalue weighted by Crippen LogP contribution is 2.26. The number of anilines is 1. The van der Waals surface area contributed by atoms with Gasteiger partial charge in [-0.2, -0.15) is 5.26 Å². The summed E-state index contributed by atoms with van der Waals surface area (Å²) in [7, 11) is 0. The Morgan fingerprint density at radius 1 is 1.00 bits per heavy atom. The van der Waals surface area contributed by atoms with Crippen molar-refractivity contribution in [2.75, 3.05) is 18.1 Å². The highest BCUT2D eigenvalue weighted by atomic mass is 16.5. The molecule has 0 unspecified atom stereocenters. The van der Waals surface area contributed by atoms with E-state index in [9.17, 15) is 10.1 Å². The van der Waals surface area contributed by atoms with Crippen molar-refractivity contribution in [1.82, 2.24) is 4.57 Å². The molecule has 0 N–H and O–H groups in total. The molecule has 5 heteroatoms. The molecule has 0 aliphatic heterocycles.